The van der Waals surface area contributed by atoms with E-state index < -0.39 is 0 Å². The third-order valence-electron chi connectivity index (χ3n) is 4.59. The van der Waals surface area contributed by atoms with Crippen molar-refractivity contribution in [2.75, 3.05) is 12.3 Å². The molecule has 0 aromatic carbocycles. The van der Waals surface area contributed by atoms with Crippen LogP contribution in [-0.4, -0.2) is 33.0 Å². The van der Waals surface area contributed by atoms with Crippen LogP contribution in [0.1, 0.15) is 30.2 Å². The van der Waals surface area contributed by atoms with Gasteiger partial charge < -0.3 is 9.88 Å². The highest BCUT2D eigenvalue weighted by molar-refractivity contribution is 7.99. The van der Waals surface area contributed by atoms with Crippen LogP contribution >= 0.6 is 23.1 Å². The Kier molecular flexibility index (Phi) is 5.96. The van der Waals surface area contributed by atoms with E-state index in [9.17, 15) is 4.79 Å². The standard InChI is InChI=1S/C18H24N4OS2/c1-4-8-19-16(23)11-24-18-21-20-17(22(18)3)15-10-13-9-12(5-2)6-7-14(13)25-15/h4,10,12H,1,5-9,11H2,2-3H3,(H,19,23). The van der Waals surface area contributed by atoms with Gasteiger partial charge in [0.2, 0.25) is 5.91 Å². The maximum Gasteiger partial charge on any atom is 0.230 e. The first-order valence-electron chi connectivity index (χ1n) is 8.64. The van der Waals surface area contributed by atoms with Gasteiger partial charge in [0, 0.05) is 18.5 Å². The van der Waals surface area contributed by atoms with E-state index in [-0.39, 0.29) is 5.91 Å². The zero-order valence-corrected chi connectivity index (χ0v) is 16.4. The van der Waals surface area contributed by atoms with Gasteiger partial charge in [-0.05, 0) is 36.8 Å². The molecule has 1 amide bonds. The SMILES string of the molecule is C=CCNC(=O)CSc1nnc(-c2cc3c(s2)CCC(CC)C3)n1C. The molecule has 2 heterocycles. The Labute approximate surface area is 156 Å². The van der Waals surface area contributed by atoms with Crippen molar-refractivity contribution in [3.8, 4) is 10.7 Å². The van der Waals surface area contributed by atoms with Crippen molar-refractivity contribution in [1.82, 2.24) is 20.1 Å². The molecule has 0 aliphatic heterocycles. The highest BCUT2D eigenvalue weighted by atomic mass is 32.2. The number of nitrogens with one attached hydrogen (secondary N) is 1. The number of hydrogen-bond acceptors (Lipinski definition) is 5. The number of nitrogens with zero attached hydrogens (tertiary/aromatic N) is 3. The normalized spacial score (nSPS) is 16.5. The van der Waals surface area contributed by atoms with Crippen molar-refractivity contribution in [3.05, 3.63) is 29.2 Å². The lowest BCUT2D eigenvalue weighted by atomic mass is 9.87. The molecule has 134 valence electrons. The van der Waals surface area contributed by atoms with Crippen LogP contribution in [0.25, 0.3) is 10.7 Å². The molecule has 0 saturated carbocycles. The number of carbonyl (C=O) groups excluding carboxylic acids is 1. The molecule has 3 rings (SSSR count). The van der Waals surface area contributed by atoms with Gasteiger partial charge in [0.1, 0.15) is 0 Å². The summed E-state index contributed by atoms with van der Waals surface area (Å²) in [5.74, 6) is 2.02. The summed E-state index contributed by atoms with van der Waals surface area (Å²) in [6, 6.07) is 2.29. The minimum atomic E-state index is -0.0216. The summed E-state index contributed by atoms with van der Waals surface area (Å²) in [7, 11) is 1.97. The van der Waals surface area contributed by atoms with Crippen LogP contribution in [0, 0.1) is 5.92 Å². The van der Waals surface area contributed by atoms with Crippen LogP contribution in [0.2, 0.25) is 0 Å². The first-order chi connectivity index (χ1) is 12.1. The maximum absolute atomic E-state index is 11.7. The Bertz CT molecular complexity index is 765. The first kappa shape index (κ1) is 18.2. The predicted molar refractivity (Wildman–Crippen MR) is 104 cm³/mol. The summed E-state index contributed by atoms with van der Waals surface area (Å²) in [4.78, 5) is 14.4. The lowest BCUT2D eigenvalue weighted by Gasteiger charge is -2.19. The van der Waals surface area contributed by atoms with Gasteiger partial charge in [-0.15, -0.1) is 28.1 Å². The van der Waals surface area contributed by atoms with E-state index in [2.05, 4.69) is 35.1 Å². The number of rotatable bonds is 7. The quantitative estimate of drug-likeness (QED) is 0.594. The third kappa shape index (κ3) is 4.15. The van der Waals surface area contributed by atoms with E-state index in [0.717, 1.165) is 16.9 Å². The zero-order chi connectivity index (χ0) is 17.8. The van der Waals surface area contributed by atoms with E-state index >= 15 is 0 Å². The number of aromatic nitrogens is 3. The van der Waals surface area contributed by atoms with E-state index in [1.807, 2.05) is 23.0 Å². The Balaban J connectivity index is 1.70. The molecule has 7 heteroatoms. The van der Waals surface area contributed by atoms with Gasteiger partial charge in [-0.25, -0.2) is 0 Å². The van der Waals surface area contributed by atoms with E-state index in [1.165, 1.54) is 52.8 Å². The van der Waals surface area contributed by atoms with Crippen LogP contribution in [0.15, 0.2) is 23.9 Å². The van der Waals surface area contributed by atoms with Crippen molar-refractivity contribution < 1.29 is 4.79 Å². The number of thioether (sulfide) groups is 1. The molecule has 0 fully saturated rings. The van der Waals surface area contributed by atoms with Crippen molar-refractivity contribution in [3.63, 3.8) is 0 Å². The second kappa shape index (κ2) is 8.19. The summed E-state index contributed by atoms with van der Waals surface area (Å²) in [6.07, 6.45) is 6.59. The zero-order valence-electron chi connectivity index (χ0n) is 14.7. The maximum atomic E-state index is 11.7. The minimum absolute atomic E-state index is 0.0216. The number of hydrogen-bond donors (Lipinski definition) is 1. The van der Waals surface area contributed by atoms with Crippen molar-refractivity contribution in [2.45, 2.75) is 37.8 Å². The topological polar surface area (TPSA) is 59.8 Å². The second-order valence-electron chi connectivity index (χ2n) is 6.32. The molecule has 1 unspecified atom stereocenters. The highest BCUT2D eigenvalue weighted by Crippen LogP contribution is 2.37. The molecule has 0 spiro atoms. The largest absolute Gasteiger partial charge is 0.352 e. The van der Waals surface area contributed by atoms with Crippen molar-refractivity contribution in [2.24, 2.45) is 13.0 Å². The van der Waals surface area contributed by atoms with Crippen LogP contribution < -0.4 is 5.32 Å². The monoisotopic (exact) mass is 376 g/mol. The van der Waals surface area contributed by atoms with Crippen molar-refractivity contribution in [1.29, 1.82) is 0 Å². The molecule has 2 aromatic rings. The first-order valence-corrected chi connectivity index (χ1v) is 10.4. The number of carbonyl (C=O) groups is 1. The number of fused-ring (bicyclic) bond motifs is 1. The van der Waals surface area contributed by atoms with Crippen LogP contribution in [0.4, 0.5) is 0 Å². The molecular formula is C18H24N4OS2. The van der Waals surface area contributed by atoms with Gasteiger partial charge in [-0.3, -0.25) is 4.79 Å². The average molecular weight is 377 g/mol. The molecule has 2 aromatic heterocycles. The lowest BCUT2D eigenvalue weighted by molar-refractivity contribution is -0.118. The van der Waals surface area contributed by atoms with Crippen LogP contribution in [-0.2, 0) is 24.7 Å². The molecule has 1 aliphatic rings. The Morgan fingerprint density at radius 3 is 3.16 bits per heavy atom. The third-order valence-corrected chi connectivity index (χ3v) is 6.85. The van der Waals surface area contributed by atoms with Crippen LogP contribution in [0.3, 0.4) is 0 Å². The Morgan fingerprint density at radius 1 is 1.56 bits per heavy atom. The van der Waals surface area contributed by atoms with Gasteiger partial charge in [0.05, 0.1) is 10.6 Å². The highest BCUT2D eigenvalue weighted by Gasteiger charge is 2.22. The summed E-state index contributed by atoms with van der Waals surface area (Å²) in [6.45, 7) is 6.36. The molecule has 0 bridgehead atoms. The van der Waals surface area contributed by atoms with Crippen molar-refractivity contribution >= 4 is 29.0 Å². The smallest absolute Gasteiger partial charge is 0.230 e. The molecule has 1 N–H and O–H groups in total. The molecule has 1 atom stereocenters. The fraction of sp³-hybridized carbons (Fsp3) is 0.500. The van der Waals surface area contributed by atoms with E-state index in [4.69, 9.17) is 0 Å². The molecule has 0 radical (unpaired) electrons. The van der Waals surface area contributed by atoms with Gasteiger partial charge >= 0.3 is 0 Å². The summed E-state index contributed by atoms with van der Waals surface area (Å²) >= 11 is 3.25. The Hall–Kier alpha value is -1.60. The predicted octanol–water partition coefficient (Wildman–Crippen LogP) is 3.45. The van der Waals surface area contributed by atoms with Gasteiger partial charge in [0.25, 0.3) is 0 Å². The average Bonchev–Trinajstić information content (AvgIpc) is 3.20. The minimum Gasteiger partial charge on any atom is -0.352 e. The number of amides is 1. The molecule has 0 saturated heterocycles. The van der Waals surface area contributed by atoms with Crippen LogP contribution in [0.5, 0.6) is 0 Å². The van der Waals surface area contributed by atoms with Gasteiger partial charge in [-0.2, -0.15) is 0 Å². The molecular weight excluding hydrogens is 352 g/mol. The second-order valence-corrected chi connectivity index (χ2v) is 8.40. The fourth-order valence-electron chi connectivity index (χ4n) is 3.08. The summed E-state index contributed by atoms with van der Waals surface area (Å²) in [5.41, 5.74) is 1.49. The van der Waals surface area contributed by atoms with E-state index in [1.54, 1.807) is 6.08 Å². The van der Waals surface area contributed by atoms with Gasteiger partial charge in [0.15, 0.2) is 11.0 Å². The summed E-state index contributed by atoms with van der Waals surface area (Å²) in [5, 5.41) is 12.2. The molecule has 5 nitrogen and oxygen atoms in total. The summed E-state index contributed by atoms with van der Waals surface area (Å²) < 4.78 is 1.99. The number of thiophene rings is 1. The molecule has 1 aliphatic carbocycles. The molecule has 25 heavy (non-hydrogen) atoms. The Morgan fingerprint density at radius 2 is 2.40 bits per heavy atom. The van der Waals surface area contributed by atoms with Gasteiger partial charge in [-0.1, -0.05) is 31.2 Å². The fourth-order valence-corrected chi connectivity index (χ4v) is 5.05. The number of aryl methyl sites for hydroxylation is 1. The lowest BCUT2D eigenvalue weighted by Crippen LogP contribution is -2.25. The van der Waals surface area contributed by atoms with E-state index in [0.29, 0.717) is 12.3 Å².